The molecule has 2 aromatic rings. The monoisotopic (exact) mass is 286 g/mol. The number of hydrogen-bond donors (Lipinski definition) is 2. The first-order valence-electron chi connectivity index (χ1n) is 6.76. The molecule has 0 radical (unpaired) electrons. The summed E-state index contributed by atoms with van der Waals surface area (Å²) in [5, 5.41) is 5.90. The lowest BCUT2D eigenvalue weighted by atomic mass is 10.0. The fraction of sp³-hybridized carbons (Fsp3) is 0.357. The van der Waals surface area contributed by atoms with Crippen molar-refractivity contribution in [2.24, 2.45) is 0 Å². The zero-order valence-corrected chi connectivity index (χ0v) is 12.1. The first-order chi connectivity index (χ1) is 10.2. The minimum atomic E-state index is -0.166. The minimum Gasteiger partial charge on any atom is -0.367 e. The molecule has 110 valence electrons. The van der Waals surface area contributed by atoms with Crippen LogP contribution in [0.2, 0.25) is 0 Å². The molecule has 0 bridgehead atoms. The van der Waals surface area contributed by atoms with Crippen molar-refractivity contribution in [2.75, 3.05) is 18.4 Å². The zero-order valence-electron chi connectivity index (χ0n) is 12.1. The van der Waals surface area contributed by atoms with E-state index in [1.165, 1.54) is 6.33 Å². The van der Waals surface area contributed by atoms with Gasteiger partial charge < -0.3 is 10.6 Å². The maximum Gasteiger partial charge on any atom is 0.254 e. The Labute approximate surface area is 123 Å². The van der Waals surface area contributed by atoms with Crippen molar-refractivity contribution in [1.82, 2.24) is 25.3 Å². The third-order valence-electron chi connectivity index (χ3n) is 2.81. The molecule has 2 rings (SSSR count). The van der Waals surface area contributed by atoms with E-state index in [2.05, 4.69) is 30.6 Å². The Bertz CT molecular complexity index is 587. The largest absolute Gasteiger partial charge is 0.367 e. The summed E-state index contributed by atoms with van der Waals surface area (Å²) in [5.74, 6) is 0.685. The second kappa shape index (κ2) is 7.28. The van der Waals surface area contributed by atoms with E-state index in [0.29, 0.717) is 24.5 Å². The van der Waals surface area contributed by atoms with Crippen LogP contribution in [0, 0.1) is 0 Å². The SMILES string of the molecule is CC(C)c1ncncc1C(=O)NCCNc1cnccn1. The predicted molar refractivity (Wildman–Crippen MR) is 79.0 cm³/mol. The van der Waals surface area contributed by atoms with Crippen molar-refractivity contribution in [3.63, 3.8) is 0 Å². The molecule has 7 heteroatoms. The zero-order chi connectivity index (χ0) is 15.1. The van der Waals surface area contributed by atoms with E-state index in [9.17, 15) is 4.79 Å². The van der Waals surface area contributed by atoms with Crippen LogP contribution < -0.4 is 10.6 Å². The first kappa shape index (κ1) is 14.8. The van der Waals surface area contributed by atoms with E-state index >= 15 is 0 Å². The Kier molecular flexibility index (Phi) is 5.14. The van der Waals surface area contributed by atoms with Gasteiger partial charge in [-0.3, -0.25) is 9.78 Å². The number of aromatic nitrogens is 4. The van der Waals surface area contributed by atoms with E-state index in [-0.39, 0.29) is 11.8 Å². The molecule has 21 heavy (non-hydrogen) atoms. The van der Waals surface area contributed by atoms with Crippen LogP contribution in [0.15, 0.2) is 31.1 Å². The third kappa shape index (κ3) is 4.20. The average molecular weight is 286 g/mol. The van der Waals surface area contributed by atoms with E-state index in [0.717, 1.165) is 5.69 Å². The second-order valence-corrected chi connectivity index (χ2v) is 4.75. The lowest BCUT2D eigenvalue weighted by Gasteiger charge is -2.11. The Morgan fingerprint density at radius 1 is 1.14 bits per heavy atom. The van der Waals surface area contributed by atoms with Gasteiger partial charge in [-0.15, -0.1) is 0 Å². The van der Waals surface area contributed by atoms with Crippen LogP contribution in [0.25, 0.3) is 0 Å². The van der Waals surface area contributed by atoms with Gasteiger partial charge in [0.2, 0.25) is 0 Å². The number of carbonyl (C=O) groups excluding carboxylic acids is 1. The van der Waals surface area contributed by atoms with E-state index in [1.54, 1.807) is 24.8 Å². The molecule has 2 aromatic heterocycles. The Balaban J connectivity index is 1.85. The molecule has 7 nitrogen and oxygen atoms in total. The summed E-state index contributed by atoms with van der Waals surface area (Å²) in [7, 11) is 0. The number of carbonyl (C=O) groups is 1. The molecular weight excluding hydrogens is 268 g/mol. The van der Waals surface area contributed by atoms with Crippen LogP contribution in [0.5, 0.6) is 0 Å². The highest BCUT2D eigenvalue weighted by molar-refractivity contribution is 5.95. The molecular formula is C14H18N6O. The van der Waals surface area contributed by atoms with Gasteiger partial charge in [-0.05, 0) is 5.92 Å². The predicted octanol–water partition coefficient (Wildman–Crippen LogP) is 1.23. The summed E-state index contributed by atoms with van der Waals surface area (Å²) in [6, 6.07) is 0. The molecule has 0 aliphatic heterocycles. The molecule has 0 saturated carbocycles. The van der Waals surface area contributed by atoms with Crippen LogP contribution in [-0.4, -0.2) is 38.9 Å². The topological polar surface area (TPSA) is 92.7 Å². The van der Waals surface area contributed by atoms with Gasteiger partial charge in [-0.1, -0.05) is 13.8 Å². The van der Waals surface area contributed by atoms with Gasteiger partial charge in [-0.25, -0.2) is 15.0 Å². The van der Waals surface area contributed by atoms with Gasteiger partial charge in [0, 0.05) is 31.7 Å². The fourth-order valence-electron chi connectivity index (χ4n) is 1.83. The van der Waals surface area contributed by atoms with Crippen LogP contribution >= 0.6 is 0 Å². The molecule has 0 unspecified atom stereocenters. The summed E-state index contributed by atoms with van der Waals surface area (Å²) in [6.45, 7) is 5.03. The van der Waals surface area contributed by atoms with Gasteiger partial charge in [0.25, 0.3) is 5.91 Å². The van der Waals surface area contributed by atoms with Crippen molar-refractivity contribution < 1.29 is 4.79 Å². The fourth-order valence-corrected chi connectivity index (χ4v) is 1.83. The minimum absolute atomic E-state index is 0.166. The quantitative estimate of drug-likeness (QED) is 0.776. The molecule has 1 amide bonds. The molecule has 0 aliphatic rings. The number of anilines is 1. The highest BCUT2D eigenvalue weighted by Gasteiger charge is 2.14. The Morgan fingerprint density at radius 2 is 2.00 bits per heavy atom. The summed E-state index contributed by atoms with van der Waals surface area (Å²) in [5.41, 5.74) is 1.27. The van der Waals surface area contributed by atoms with Gasteiger partial charge in [0.1, 0.15) is 12.1 Å². The first-order valence-corrected chi connectivity index (χ1v) is 6.76. The maximum atomic E-state index is 12.1. The molecule has 0 atom stereocenters. The third-order valence-corrected chi connectivity index (χ3v) is 2.81. The van der Waals surface area contributed by atoms with Gasteiger partial charge in [0.05, 0.1) is 17.5 Å². The molecule has 0 spiro atoms. The molecule has 0 aromatic carbocycles. The number of hydrogen-bond acceptors (Lipinski definition) is 6. The standard InChI is InChI=1S/C14H18N6O/c1-10(2)13-11(7-16-9-20-13)14(21)19-6-5-18-12-8-15-3-4-17-12/h3-4,7-10H,5-6H2,1-2H3,(H,17,18)(H,19,21). The van der Waals surface area contributed by atoms with Crippen molar-refractivity contribution in [3.8, 4) is 0 Å². The van der Waals surface area contributed by atoms with Crippen molar-refractivity contribution in [2.45, 2.75) is 19.8 Å². The normalized spacial score (nSPS) is 10.4. The lowest BCUT2D eigenvalue weighted by molar-refractivity contribution is 0.0953. The van der Waals surface area contributed by atoms with Crippen LogP contribution in [0.4, 0.5) is 5.82 Å². The molecule has 2 N–H and O–H groups in total. The maximum absolute atomic E-state index is 12.1. The lowest BCUT2D eigenvalue weighted by Crippen LogP contribution is -2.30. The summed E-state index contributed by atoms with van der Waals surface area (Å²) in [6.07, 6.45) is 7.85. The van der Waals surface area contributed by atoms with E-state index in [4.69, 9.17) is 0 Å². The molecule has 0 aliphatic carbocycles. The highest BCUT2D eigenvalue weighted by Crippen LogP contribution is 2.15. The summed E-state index contributed by atoms with van der Waals surface area (Å²) < 4.78 is 0. The second-order valence-electron chi connectivity index (χ2n) is 4.75. The Morgan fingerprint density at radius 3 is 2.71 bits per heavy atom. The number of nitrogens with zero attached hydrogens (tertiary/aromatic N) is 4. The molecule has 2 heterocycles. The summed E-state index contributed by atoms with van der Waals surface area (Å²) in [4.78, 5) is 28.3. The van der Waals surface area contributed by atoms with Gasteiger partial charge >= 0.3 is 0 Å². The van der Waals surface area contributed by atoms with Crippen LogP contribution in [0.3, 0.4) is 0 Å². The van der Waals surface area contributed by atoms with Crippen molar-refractivity contribution in [1.29, 1.82) is 0 Å². The summed E-state index contributed by atoms with van der Waals surface area (Å²) >= 11 is 0. The van der Waals surface area contributed by atoms with E-state index in [1.807, 2.05) is 13.8 Å². The van der Waals surface area contributed by atoms with Crippen LogP contribution in [-0.2, 0) is 0 Å². The van der Waals surface area contributed by atoms with E-state index < -0.39 is 0 Å². The molecule has 0 fully saturated rings. The van der Waals surface area contributed by atoms with Crippen LogP contribution in [0.1, 0.15) is 35.8 Å². The van der Waals surface area contributed by atoms with Crippen molar-refractivity contribution in [3.05, 3.63) is 42.4 Å². The average Bonchev–Trinajstić information content (AvgIpc) is 2.52. The van der Waals surface area contributed by atoms with Gasteiger partial charge in [-0.2, -0.15) is 0 Å². The van der Waals surface area contributed by atoms with Crippen molar-refractivity contribution >= 4 is 11.7 Å². The Hall–Kier alpha value is -2.57. The number of nitrogens with one attached hydrogen (secondary N) is 2. The number of rotatable bonds is 6. The highest BCUT2D eigenvalue weighted by atomic mass is 16.1. The smallest absolute Gasteiger partial charge is 0.254 e. The number of amides is 1. The molecule has 0 saturated heterocycles. The van der Waals surface area contributed by atoms with Gasteiger partial charge in [0.15, 0.2) is 0 Å².